The number of carbonyl (C=O) groups excluding carboxylic acids is 1. The van der Waals surface area contributed by atoms with Crippen LogP contribution in [-0.2, 0) is 4.79 Å². The van der Waals surface area contributed by atoms with Gasteiger partial charge in [0.15, 0.2) is 5.78 Å². The summed E-state index contributed by atoms with van der Waals surface area (Å²) in [5.41, 5.74) is 7.23. The quantitative estimate of drug-likeness (QED) is 0.462. The van der Waals surface area contributed by atoms with Gasteiger partial charge in [-0.15, -0.1) is 0 Å². The van der Waals surface area contributed by atoms with Crippen LogP contribution in [0.25, 0.3) is 5.69 Å². The van der Waals surface area contributed by atoms with Gasteiger partial charge in [-0.05, 0) is 61.1 Å². The number of Topliss-reactive ketones (excluding diaryl/α,β-unsaturated/α-hetero) is 1. The van der Waals surface area contributed by atoms with Crippen molar-refractivity contribution in [3.05, 3.63) is 86.7 Å². The van der Waals surface area contributed by atoms with E-state index in [1.807, 2.05) is 23.7 Å². The minimum absolute atomic E-state index is 0.0640. The Hall–Kier alpha value is -2.66. The Morgan fingerprint density at radius 2 is 1.87 bits per heavy atom. The predicted octanol–water partition coefficient (Wildman–Crippen LogP) is 6.45. The average Bonchev–Trinajstić information content (AvgIpc) is 3.02. The minimum Gasteiger partial charge on any atom is -0.343 e. The normalized spacial score (nSPS) is 19.6. The van der Waals surface area contributed by atoms with E-state index in [9.17, 15) is 4.79 Å². The fraction of sp³-hybridized carbons (Fsp3) is 0.308. The summed E-state index contributed by atoms with van der Waals surface area (Å²) in [6, 6.07) is 16.7. The molecular formula is C26H26BrN3O. The molecule has 4 nitrogen and oxygen atoms in total. The second kappa shape index (κ2) is 7.20. The Balaban J connectivity index is 1.77. The summed E-state index contributed by atoms with van der Waals surface area (Å²) in [4.78, 5) is 13.4. The van der Waals surface area contributed by atoms with E-state index in [4.69, 9.17) is 5.10 Å². The zero-order valence-electron chi connectivity index (χ0n) is 18.3. The van der Waals surface area contributed by atoms with Crippen molar-refractivity contribution in [1.82, 2.24) is 9.78 Å². The van der Waals surface area contributed by atoms with Gasteiger partial charge in [0.25, 0.3) is 0 Å². The van der Waals surface area contributed by atoms with Crippen molar-refractivity contribution in [3.8, 4) is 5.69 Å². The number of ketones is 1. The summed E-state index contributed by atoms with van der Waals surface area (Å²) in [7, 11) is 0. The lowest BCUT2D eigenvalue weighted by atomic mass is 9.69. The zero-order chi connectivity index (χ0) is 21.9. The van der Waals surface area contributed by atoms with Crippen LogP contribution in [-0.4, -0.2) is 15.6 Å². The maximum Gasteiger partial charge on any atom is 0.162 e. The summed E-state index contributed by atoms with van der Waals surface area (Å²) >= 11 is 3.62. The van der Waals surface area contributed by atoms with Crippen molar-refractivity contribution < 1.29 is 4.79 Å². The number of anilines is 1. The molecule has 1 atom stereocenters. The molecule has 0 saturated heterocycles. The first-order chi connectivity index (χ1) is 14.7. The first-order valence-electron chi connectivity index (χ1n) is 10.7. The Labute approximate surface area is 191 Å². The van der Waals surface area contributed by atoms with Gasteiger partial charge >= 0.3 is 0 Å². The predicted molar refractivity (Wildman–Crippen MR) is 128 cm³/mol. The van der Waals surface area contributed by atoms with Crippen LogP contribution in [0.1, 0.15) is 55.0 Å². The molecule has 1 aliphatic carbocycles. The van der Waals surface area contributed by atoms with E-state index in [2.05, 4.69) is 78.4 Å². The van der Waals surface area contributed by atoms with Gasteiger partial charge in [-0.25, -0.2) is 4.68 Å². The van der Waals surface area contributed by atoms with E-state index in [1.54, 1.807) is 0 Å². The van der Waals surface area contributed by atoms with Crippen LogP contribution in [0.3, 0.4) is 0 Å². The first kappa shape index (κ1) is 20.3. The second-order valence-electron chi connectivity index (χ2n) is 9.54. The van der Waals surface area contributed by atoms with Crippen molar-refractivity contribution in [1.29, 1.82) is 0 Å². The molecule has 0 fully saturated rings. The van der Waals surface area contributed by atoms with Crippen LogP contribution in [0, 0.1) is 19.3 Å². The van der Waals surface area contributed by atoms with Gasteiger partial charge in [-0.2, -0.15) is 5.10 Å². The summed E-state index contributed by atoms with van der Waals surface area (Å²) < 4.78 is 3.01. The molecule has 0 spiro atoms. The van der Waals surface area contributed by atoms with Crippen LogP contribution in [0.15, 0.2) is 64.3 Å². The third-order valence-corrected chi connectivity index (χ3v) is 6.79. The summed E-state index contributed by atoms with van der Waals surface area (Å²) in [5, 5.41) is 8.58. The van der Waals surface area contributed by atoms with E-state index >= 15 is 0 Å². The van der Waals surface area contributed by atoms with Gasteiger partial charge in [0, 0.05) is 33.6 Å². The van der Waals surface area contributed by atoms with Crippen molar-refractivity contribution in [3.63, 3.8) is 0 Å². The third-order valence-electron chi connectivity index (χ3n) is 6.30. The maximum atomic E-state index is 13.4. The van der Waals surface area contributed by atoms with Crippen LogP contribution in [0.2, 0.25) is 0 Å². The van der Waals surface area contributed by atoms with Gasteiger partial charge in [0.05, 0.1) is 11.4 Å². The number of allylic oxidation sites excluding steroid dienone is 2. The number of nitrogens with zero attached hydrogens (tertiary/aromatic N) is 2. The molecular weight excluding hydrogens is 450 g/mol. The third kappa shape index (κ3) is 3.45. The number of benzene rings is 2. The SMILES string of the molecule is Cc1cccc(-n2nc(C)c3c2NC2=C(C(=O)CC(C)(C)C2)[C@@H]3c2cccc(Br)c2)c1. The second-order valence-corrected chi connectivity index (χ2v) is 10.5. The van der Waals surface area contributed by atoms with E-state index in [0.717, 1.165) is 50.5 Å². The zero-order valence-corrected chi connectivity index (χ0v) is 19.9. The van der Waals surface area contributed by atoms with Gasteiger partial charge in [-0.1, -0.05) is 54.0 Å². The Bertz CT molecular complexity index is 1250. The highest BCUT2D eigenvalue weighted by molar-refractivity contribution is 9.10. The lowest BCUT2D eigenvalue weighted by molar-refractivity contribution is -0.118. The standard InChI is InChI=1S/C26H26BrN3O/c1-15-7-5-10-19(11-15)30-25-22(16(2)29-30)23(17-8-6-9-18(27)12-17)24-20(28-25)13-26(3,4)14-21(24)31/h5-12,23,28H,13-14H2,1-4H3/t23-/m1/s1. The van der Waals surface area contributed by atoms with Gasteiger partial charge < -0.3 is 5.32 Å². The molecule has 158 valence electrons. The molecule has 0 saturated carbocycles. The number of hydrogen-bond acceptors (Lipinski definition) is 3. The highest BCUT2D eigenvalue weighted by atomic mass is 79.9. The Morgan fingerprint density at radius 1 is 1.10 bits per heavy atom. The van der Waals surface area contributed by atoms with Crippen LogP contribution in [0.5, 0.6) is 0 Å². The van der Waals surface area contributed by atoms with Crippen LogP contribution in [0.4, 0.5) is 5.82 Å². The molecule has 0 unspecified atom stereocenters. The molecule has 2 heterocycles. The highest BCUT2D eigenvalue weighted by Crippen LogP contribution is 2.50. The van der Waals surface area contributed by atoms with Crippen molar-refractivity contribution in [2.75, 3.05) is 5.32 Å². The fourth-order valence-corrected chi connectivity index (χ4v) is 5.46. The van der Waals surface area contributed by atoms with Crippen molar-refractivity contribution in [2.24, 2.45) is 5.41 Å². The minimum atomic E-state index is -0.120. The topological polar surface area (TPSA) is 46.9 Å². The van der Waals surface area contributed by atoms with E-state index in [-0.39, 0.29) is 17.1 Å². The summed E-state index contributed by atoms with van der Waals surface area (Å²) in [6.45, 7) is 8.47. The van der Waals surface area contributed by atoms with Crippen LogP contribution >= 0.6 is 15.9 Å². The molecule has 2 aliphatic rings. The van der Waals surface area contributed by atoms with E-state index in [0.29, 0.717) is 6.42 Å². The Kier molecular flexibility index (Phi) is 4.70. The number of hydrogen-bond donors (Lipinski definition) is 1. The molecule has 1 N–H and O–H groups in total. The van der Waals surface area contributed by atoms with Crippen LogP contribution < -0.4 is 5.32 Å². The smallest absolute Gasteiger partial charge is 0.162 e. The number of aromatic nitrogens is 2. The summed E-state index contributed by atoms with van der Waals surface area (Å²) in [5.74, 6) is 1.08. The highest BCUT2D eigenvalue weighted by Gasteiger charge is 2.43. The number of fused-ring (bicyclic) bond motifs is 1. The largest absolute Gasteiger partial charge is 0.343 e. The monoisotopic (exact) mass is 475 g/mol. The number of halogens is 1. The van der Waals surface area contributed by atoms with Gasteiger partial charge in [-0.3, -0.25) is 4.79 Å². The Morgan fingerprint density at radius 3 is 2.61 bits per heavy atom. The molecule has 0 amide bonds. The van der Waals surface area contributed by atoms with Gasteiger partial charge in [0.2, 0.25) is 0 Å². The molecule has 1 aromatic heterocycles. The molecule has 0 bridgehead atoms. The first-order valence-corrected chi connectivity index (χ1v) is 11.5. The van der Waals surface area contributed by atoms with E-state index in [1.165, 1.54) is 5.56 Å². The molecule has 2 aromatic carbocycles. The lowest BCUT2D eigenvalue weighted by Gasteiger charge is -2.38. The molecule has 0 radical (unpaired) electrons. The molecule has 1 aliphatic heterocycles. The van der Waals surface area contributed by atoms with E-state index < -0.39 is 0 Å². The van der Waals surface area contributed by atoms with Crippen molar-refractivity contribution in [2.45, 2.75) is 46.5 Å². The number of rotatable bonds is 2. The maximum absolute atomic E-state index is 13.4. The number of nitrogens with one attached hydrogen (secondary N) is 1. The average molecular weight is 476 g/mol. The van der Waals surface area contributed by atoms with Crippen molar-refractivity contribution >= 4 is 27.5 Å². The number of carbonyl (C=O) groups is 1. The molecule has 31 heavy (non-hydrogen) atoms. The lowest BCUT2D eigenvalue weighted by Crippen LogP contribution is -2.34. The fourth-order valence-electron chi connectivity index (χ4n) is 5.04. The number of aryl methyl sites for hydroxylation is 2. The summed E-state index contributed by atoms with van der Waals surface area (Å²) in [6.07, 6.45) is 1.41. The molecule has 5 heteroatoms. The molecule has 5 rings (SSSR count). The van der Waals surface area contributed by atoms with Gasteiger partial charge in [0.1, 0.15) is 5.82 Å². The molecule has 3 aromatic rings.